The third kappa shape index (κ3) is 5.07. The fraction of sp³-hybridized carbons (Fsp3) is 1.00. The van der Waals surface area contributed by atoms with Gasteiger partial charge < -0.3 is 10.0 Å². The summed E-state index contributed by atoms with van der Waals surface area (Å²) in [6.45, 7) is 12.5. The molecule has 1 rings (SSSR count). The van der Waals surface area contributed by atoms with Gasteiger partial charge in [-0.2, -0.15) is 0 Å². The van der Waals surface area contributed by atoms with Gasteiger partial charge in [-0.25, -0.2) is 0 Å². The number of nitrogens with zero attached hydrogens (tertiary/aromatic N) is 1. The molecular formula is C17H35NO. The molecule has 0 amide bonds. The first-order chi connectivity index (χ1) is 8.75. The highest BCUT2D eigenvalue weighted by atomic mass is 16.3. The molecule has 1 aliphatic rings. The third-order valence-corrected chi connectivity index (χ3v) is 5.18. The Bertz CT molecular complexity index is 258. The van der Waals surface area contributed by atoms with E-state index in [0.717, 1.165) is 18.9 Å². The van der Waals surface area contributed by atoms with Gasteiger partial charge in [0.15, 0.2) is 0 Å². The Kier molecular flexibility index (Phi) is 6.32. The molecule has 1 N–H and O–H groups in total. The van der Waals surface area contributed by atoms with Crippen LogP contribution < -0.4 is 0 Å². The summed E-state index contributed by atoms with van der Waals surface area (Å²) in [7, 11) is 2.21. The lowest BCUT2D eigenvalue weighted by molar-refractivity contribution is 0.0138. The molecule has 0 spiro atoms. The van der Waals surface area contributed by atoms with Crippen LogP contribution in [-0.2, 0) is 0 Å². The predicted molar refractivity (Wildman–Crippen MR) is 83.3 cm³/mol. The number of hydrogen-bond donors (Lipinski definition) is 1. The lowest BCUT2D eigenvalue weighted by Gasteiger charge is -2.40. The molecule has 4 atom stereocenters. The highest BCUT2D eigenvalue weighted by molar-refractivity contribution is 4.84. The van der Waals surface area contributed by atoms with Crippen LogP contribution in [-0.4, -0.2) is 35.7 Å². The fourth-order valence-electron chi connectivity index (χ4n) is 3.40. The van der Waals surface area contributed by atoms with Crippen LogP contribution in [0.25, 0.3) is 0 Å². The summed E-state index contributed by atoms with van der Waals surface area (Å²) in [5.74, 6) is 1.32. The molecule has 2 nitrogen and oxygen atoms in total. The fourth-order valence-corrected chi connectivity index (χ4v) is 3.40. The molecule has 0 aliphatic heterocycles. The Morgan fingerprint density at radius 1 is 1.26 bits per heavy atom. The molecule has 1 aliphatic carbocycles. The predicted octanol–water partition coefficient (Wildman–Crippen LogP) is 3.93. The molecule has 0 saturated heterocycles. The van der Waals surface area contributed by atoms with E-state index in [9.17, 15) is 5.11 Å². The van der Waals surface area contributed by atoms with E-state index in [-0.39, 0.29) is 6.10 Å². The van der Waals surface area contributed by atoms with Crippen LogP contribution in [0.1, 0.15) is 66.7 Å². The molecule has 114 valence electrons. The van der Waals surface area contributed by atoms with Gasteiger partial charge in [-0.1, -0.05) is 40.5 Å². The van der Waals surface area contributed by atoms with E-state index in [0.29, 0.717) is 17.4 Å². The Labute approximate surface area is 120 Å². The number of rotatable bonds is 5. The second-order valence-corrected chi connectivity index (χ2v) is 7.78. The summed E-state index contributed by atoms with van der Waals surface area (Å²) in [6.07, 6.45) is 5.99. The average Bonchev–Trinajstić information content (AvgIpc) is 2.31. The summed E-state index contributed by atoms with van der Waals surface area (Å²) >= 11 is 0. The van der Waals surface area contributed by atoms with E-state index in [1.807, 2.05) is 0 Å². The summed E-state index contributed by atoms with van der Waals surface area (Å²) in [5.41, 5.74) is 0.303. The first-order valence-corrected chi connectivity index (χ1v) is 8.14. The van der Waals surface area contributed by atoms with Gasteiger partial charge in [0.25, 0.3) is 0 Å². The maximum absolute atomic E-state index is 10.3. The van der Waals surface area contributed by atoms with Crippen molar-refractivity contribution in [1.29, 1.82) is 0 Å². The van der Waals surface area contributed by atoms with Gasteiger partial charge in [-0.05, 0) is 50.5 Å². The molecule has 0 aromatic carbocycles. The van der Waals surface area contributed by atoms with Crippen LogP contribution in [0.4, 0.5) is 0 Å². The number of hydrogen-bond acceptors (Lipinski definition) is 2. The molecule has 0 heterocycles. The van der Waals surface area contributed by atoms with Crippen molar-refractivity contribution in [1.82, 2.24) is 4.90 Å². The van der Waals surface area contributed by atoms with E-state index in [2.05, 4.69) is 46.6 Å². The van der Waals surface area contributed by atoms with Crippen molar-refractivity contribution in [2.75, 3.05) is 13.6 Å². The standard InChI is InChI=1S/C17H35NO/c1-7-8-14-9-10-16(19)15(11-14)12-18(6)13(2)17(3,4)5/h13-16,19H,7-12H2,1-6H3. The maximum atomic E-state index is 10.3. The molecule has 19 heavy (non-hydrogen) atoms. The molecule has 0 radical (unpaired) electrons. The van der Waals surface area contributed by atoms with Crippen molar-refractivity contribution in [3.8, 4) is 0 Å². The molecule has 2 heteroatoms. The quantitative estimate of drug-likeness (QED) is 0.817. The zero-order valence-electron chi connectivity index (χ0n) is 13.9. The Morgan fingerprint density at radius 3 is 2.42 bits per heavy atom. The van der Waals surface area contributed by atoms with E-state index >= 15 is 0 Å². The molecule has 0 aromatic rings. The Morgan fingerprint density at radius 2 is 1.89 bits per heavy atom. The molecule has 4 unspecified atom stereocenters. The Balaban J connectivity index is 2.53. The largest absolute Gasteiger partial charge is 0.393 e. The SMILES string of the molecule is CCCC1CCC(O)C(CN(C)C(C)C(C)(C)C)C1. The molecule has 1 fully saturated rings. The van der Waals surface area contributed by atoms with Gasteiger partial charge in [-0.15, -0.1) is 0 Å². The van der Waals surface area contributed by atoms with Crippen LogP contribution in [0, 0.1) is 17.3 Å². The highest BCUT2D eigenvalue weighted by Crippen LogP contribution is 2.33. The molecular weight excluding hydrogens is 234 g/mol. The van der Waals surface area contributed by atoms with Gasteiger partial charge in [0.1, 0.15) is 0 Å². The third-order valence-electron chi connectivity index (χ3n) is 5.18. The monoisotopic (exact) mass is 269 g/mol. The summed E-state index contributed by atoms with van der Waals surface area (Å²) < 4.78 is 0. The number of aliphatic hydroxyl groups is 1. The second-order valence-electron chi connectivity index (χ2n) is 7.78. The van der Waals surface area contributed by atoms with Crippen molar-refractivity contribution >= 4 is 0 Å². The molecule has 0 bridgehead atoms. The minimum atomic E-state index is -0.0808. The normalized spacial score (nSPS) is 30.6. The van der Waals surface area contributed by atoms with Gasteiger partial charge in [-0.3, -0.25) is 0 Å². The van der Waals surface area contributed by atoms with Gasteiger partial charge in [0, 0.05) is 12.6 Å². The molecule has 1 saturated carbocycles. The zero-order chi connectivity index (χ0) is 14.6. The highest BCUT2D eigenvalue weighted by Gasteiger charge is 2.32. The molecule has 0 aromatic heterocycles. The second kappa shape index (κ2) is 7.08. The minimum Gasteiger partial charge on any atom is -0.393 e. The van der Waals surface area contributed by atoms with Crippen molar-refractivity contribution < 1.29 is 5.11 Å². The van der Waals surface area contributed by atoms with Crippen molar-refractivity contribution in [3.63, 3.8) is 0 Å². The van der Waals surface area contributed by atoms with Crippen LogP contribution in [0.5, 0.6) is 0 Å². The van der Waals surface area contributed by atoms with Crippen LogP contribution in [0.3, 0.4) is 0 Å². The summed E-state index contributed by atoms with van der Waals surface area (Å²) in [6, 6.07) is 0.547. The first kappa shape index (κ1) is 17.0. The average molecular weight is 269 g/mol. The lowest BCUT2D eigenvalue weighted by atomic mass is 9.77. The van der Waals surface area contributed by atoms with Crippen LogP contribution in [0.2, 0.25) is 0 Å². The minimum absolute atomic E-state index is 0.0808. The van der Waals surface area contributed by atoms with Gasteiger partial charge >= 0.3 is 0 Å². The van der Waals surface area contributed by atoms with Crippen molar-refractivity contribution in [3.05, 3.63) is 0 Å². The van der Waals surface area contributed by atoms with E-state index < -0.39 is 0 Å². The van der Waals surface area contributed by atoms with E-state index in [1.54, 1.807) is 0 Å². The first-order valence-electron chi connectivity index (χ1n) is 8.14. The van der Waals surface area contributed by atoms with Crippen molar-refractivity contribution in [2.45, 2.75) is 78.9 Å². The van der Waals surface area contributed by atoms with Crippen molar-refractivity contribution in [2.24, 2.45) is 17.3 Å². The number of aliphatic hydroxyl groups excluding tert-OH is 1. The topological polar surface area (TPSA) is 23.5 Å². The smallest absolute Gasteiger partial charge is 0.0580 e. The van der Waals surface area contributed by atoms with E-state index in [4.69, 9.17) is 0 Å². The van der Waals surface area contributed by atoms with Gasteiger partial charge in [0.2, 0.25) is 0 Å². The zero-order valence-corrected chi connectivity index (χ0v) is 13.9. The maximum Gasteiger partial charge on any atom is 0.0580 e. The van der Waals surface area contributed by atoms with E-state index in [1.165, 1.54) is 25.7 Å². The summed E-state index contributed by atoms with van der Waals surface area (Å²) in [4.78, 5) is 2.45. The van der Waals surface area contributed by atoms with Gasteiger partial charge in [0.05, 0.1) is 6.10 Å². The van der Waals surface area contributed by atoms with Crippen LogP contribution >= 0.6 is 0 Å². The summed E-state index contributed by atoms with van der Waals surface area (Å²) in [5, 5.41) is 10.3. The Hall–Kier alpha value is -0.0800. The van der Waals surface area contributed by atoms with Crippen LogP contribution in [0.15, 0.2) is 0 Å². The lowest BCUT2D eigenvalue weighted by Crippen LogP contribution is -2.45.